The van der Waals surface area contributed by atoms with Gasteiger partial charge < -0.3 is 14.9 Å². The third kappa shape index (κ3) is 3.49. The van der Waals surface area contributed by atoms with E-state index in [4.69, 9.17) is 26.5 Å². The Labute approximate surface area is 136 Å². The molecule has 0 aliphatic rings. The lowest BCUT2D eigenvalue weighted by molar-refractivity contribution is 0.0440. The minimum absolute atomic E-state index is 0.138. The second kappa shape index (κ2) is 6.50. The zero-order valence-corrected chi connectivity index (χ0v) is 12.7. The van der Waals surface area contributed by atoms with E-state index >= 15 is 0 Å². The van der Waals surface area contributed by atoms with Crippen LogP contribution in [0.15, 0.2) is 52.9 Å². The first kappa shape index (κ1) is 15.1. The molecule has 1 aromatic heterocycles. The van der Waals surface area contributed by atoms with Gasteiger partial charge in [-0.2, -0.15) is 0 Å². The van der Waals surface area contributed by atoms with Crippen LogP contribution in [-0.2, 0) is 11.3 Å². The summed E-state index contributed by atoms with van der Waals surface area (Å²) >= 11 is 5.79. The lowest BCUT2D eigenvalue weighted by atomic mass is 10.2. The lowest BCUT2D eigenvalue weighted by Gasteiger charge is -2.05. The second-order valence-electron chi connectivity index (χ2n) is 4.67. The average Bonchev–Trinajstić information content (AvgIpc) is 3.02. The van der Waals surface area contributed by atoms with Gasteiger partial charge in [0, 0.05) is 16.3 Å². The molecule has 0 aliphatic heterocycles. The summed E-state index contributed by atoms with van der Waals surface area (Å²) in [6.07, 6.45) is 0. The Balaban J connectivity index is 1.67. The minimum atomic E-state index is -0.585. The van der Waals surface area contributed by atoms with Crippen molar-refractivity contribution in [3.05, 3.63) is 65.0 Å². The van der Waals surface area contributed by atoms with Gasteiger partial charge in [0.05, 0.1) is 5.56 Å². The van der Waals surface area contributed by atoms with Gasteiger partial charge in [-0.15, -0.1) is 10.2 Å². The van der Waals surface area contributed by atoms with E-state index in [-0.39, 0.29) is 23.7 Å². The standard InChI is InChI=1S/C16H12ClN3O3/c17-11-6-7-12(13(18)8-11)16(21)22-9-14-19-20-15(23-14)10-4-2-1-3-5-10/h1-8H,9,18H2. The number of hydrogen-bond acceptors (Lipinski definition) is 6. The van der Waals surface area contributed by atoms with Crippen molar-refractivity contribution in [1.82, 2.24) is 10.2 Å². The molecule has 0 aliphatic carbocycles. The van der Waals surface area contributed by atoms with Crippen molar-refractivity contribution >= 4 is 23.3 Å². The van der Waals surface area contributed by atoms with E-state index in [1.54, 1.807) is 6.07 Å². The van der Waals surface area contributed by atoms with E-state index in [1.165, 1.54) is 12.1 Å². The number of halogens is 1. The molecular formula is C16H12ClN3O3. The summed E-state index contributed by atoms with van der Waals surface area (Å²) in [5.74, 6) is -0.0222. The van der Waals surface area contributed by atoms with Crippen LogP contribution in [0.3, 0.4) is 0 Å². The Hall–Kier alpha value is -2.86. The summed E-state index contributed by atoms with van der Waals surface area (Å²) < 4.78 is 10.6. The Kier molecular flexibility index (Phi) is 4.25. The molecule has 3 aromatic rings. The number of aromatic nitrogens is 2. The molecule has 7 heteroatoms. The number of nitrogens with zero attached hydrogens (tertiary/aromatic N) is 2. The molecule has 3 rings (SSSR count). The number of benzene rings is 2. The third-order valence-corrected chi connectivity index (χ3v) is 3.28. The van der Waals surface area contributed by atoms with Crippen LogP contribution in [0.1, 0.15) is 16.2 Å². The quantitative estimate of drug-likeness (QED) is 0.583. The second-order valence-corrected chi connectivity index (χ2v) is 5.11. The molecule has 0 unspecified atom stereocenters. The van der Waals surface area contributed by atoms with Gasteiger partial charge in [0.2, 0.25) is 5.89 Å². The molecule has 23 heavy (non-hydrogen) atoms. The van der Waals surface area contributed by atoms with Crippen molar-refractivity contribution in [3.8, 4) is 11.5 Å². The topological polar surface area (TPSA) is 91.2 Å². The van der Waals surface area contributed by atoms with Gasteiger partial charge in [-0.25, -0.2) is 4.79 Å². The van der Waals surface area contributed by atoms with Gasteiger partial charge in [0.15, 0.2) is 6.61 Å². The largest absolute Gasteiger partial charge is 0.452 e. The molecule has 0 spiro atoms. The van der Waals surface area contributed by atoms with Gasteiger partial charge in [0.1, 0.15) is 0 Å². The van der Waals surface area contributed by atoms with Crippen LogP contribution in [0.5, 0.6) is 0 Å². The summed E-state index contributed by atoms with van der Waals surface area (Å²) in [4.78, 5) is 12.0. The van der Waals surface area contributed by atoms with Crippen LogP contribution >= 0.6 is 11.6 Å². The minimum Gasteiger partial charge on any atom is -0.452 e. The van der Waals surface area contributed by atoms with E-state index in [0.717, 1.165) is 5.56 Å². The van der Waals surface area contributed by atoms with Crippen LogP contribution in [0.2, 0.25) is 5.02 Å². The highest BCUT2D eigenvalue weighted by atomic mass is 35.5. The Morgan fingerprint density at radius 1 is 1.17 bits per heavy atom. The van der Waals surface area contributed by atoms with Gasteiger partial charge in [-0.05, 0) is 30.3 Å². The molecule has 0 saturated heterocycles. The Bertz CT molecular complexity index is 834. The summed E-state index contributed by atoms with van der Waals surface area (Å²) in [6.45, 7) is -0.138. The molecule has 0 radical (unpaired) electrons. The average molecular weight is 330 g/mol. The van der Waals surface area contributed by atoms with Crippen LogP contribution < -0.4 is 5.73 Å². The Morgan fingerprint density at radius 2 is 1.96 bits per heavy atom. The summed E-state index contributed by atoms with van der Waals surface area (Å²) in [5.41, 5.74) is 7.01. The SMILES string of the molecule is Nc1cc(Cl)ccc1C(=O)OCc1nnc(-c2ccccc2)o1. The zero-order valence-electron chi connectivity index (χ0n) is 11.9. The number of carbonyl (C=O) groups is 1. The number of anilines is 1. The Morgan fingerprint density at radius 3 is 2.70 bits per heavy atom. The number of esters is 1. The molecule has 0 bridgehead atoms. The summed E-state index contributed by atoms with van der Waals surface area (Å²) in [6, 6.07) is 13.9. The number of hydrogen-bond donors (Lipinski definition) is 1. The molecule has 0 saturated carbocycles. The van der Waals surface area contributed by atoms with Crippen molar-refractivity contribution in [2.24, 2.45) is 0 Å². The van der Waals surface area contributed by atoms with Crippen LogP contribution in [0.4, 0.5) is 5.69 Å². The first-order chi connectivity index (χ1) is 11.1. The van der Waals surface area contributed by atoms with Crippen LogP contribution in [0.25, 0.3) is 11.5 Å². The molecule has 0 atom stereocenters. The maximum atomic E-state index is 12.0. The summed E-state index contributed by atoms with van der Waals surface area (Å²) in [5, 5.41) is 8.21. The summed E-state index contributed by atoms with van der Waals surface area (Å²) in [7, 11) is 0. The van der Waals surface area contributed by atoms with E-state index in [0.29, 0.717) is 10.9 Å². The zero-order chi connectivity index (χ0) is 16.2. The lowest BCUT2D eigenvalue weighted by Crippen LogP contribution is -2.08. The normalized spacial score (nSPS) is 10.5. The van der Waals surface area contributed by atoms with Crippen molar-refractivity contribution in [2.45, 2.75) is 6.61 Å². The number of nitrogens with two attached hydrogens (primary N) is 1. The predicted molar refractivity (Wildman–Crippen MR) is 84.7 cm³/mol. The van der Waals surface area contributed by atoms with Crippen LogP contribution in [0, 0.1) is 0 Å². The molecule has 1 heterocycles. The van der Waals surface area contributed by atoms with Crippen LogP contribution in [-0.4, -0.2) is 16.2 Å². The van der Waals surface area contributed by atoms with Crippen molar-refractivity contribution in [1.29, 1.82) is 0 Å². The molecule has 6 nitrogen and oxygen atoms in total. The van der Waals surface area contributed by atoms with E-state index < -0.39 is 5.97 Å². The fourth-order valence-corrected chi connectivity index (χ4v) is 2.11. The van der Waals surface area contributed by atoms with E-state index in [9.17, 15) is 4.79 Å². The molecule has 2 N–H and O–H groups in total. The molecular weight excluding hydrogens is 318 g/mol. The number of carbonyl (C=O) groups excluding carboxylic acids is 1. The first-order valence-corrected chi connectivity index (χ1v) is 7.11. The highest BCUT2D eigenvalue weighted by molar-refractivity contribution is 6.31. The maximum absolute atomic E-state index is 12.0. The maximum Gasteiger partial charge on any atom is 0.340 e. The molecule has 116 valence electrons. The molecule has 0 amide bonds. The van der Waals surface area contributed by atoms with E-state index in [2.05, 4.69) is 10.2 Å². The monoisotopic (exact) mass is 329 g/mol. The smallest absolute Gasteiger partial charge is 0.340 e. The van der Waals surface area contributed by atoms with Gasteiger partial charge in [-0.1, -0.05) is 29.8 Å². The highest BCUT2D eigenvalue weighted by Gasteiger charge is 2.14. The fourth-order valence-electron chi connectivity index (χ4n) is 1.93. The fraction of sp³-hybridized carbons (Fsp3) is 0.0625. The van der Waals surface area contributed by atoms with Gasteiger partial charge in [-0.3, -0.25) is 0 Å². The molecule has 0 fully saturated rings. The van der Waals surface area contributed by atoms with E-state index in [1.807, 2.05) is 30.3 Å². The third-order valence-electron chi connectivity index (χ3n) is 3.05. The molecule has 2 aromatic carbocycles. The first-order valence-electron chi connectivity index (χ1n) is 6.73. The van der Waals surface area contributed by atoms with Crippen molar-refractivity contribution in [3.63, 3.8) is 0 Å². The highest BCUT2D eigenvalue weighted by Crippen LogP contribution is 2.20. The predicted octanol–water partition coefficient (Wildman–Crippen LogP) is 3.33. The van der Waals surface area contributed by atoms with Crippen molar-refractivity contribution in [2.75, 3.05) is 5.73 Å². The number of ether oxygens (including phenoxy) is 1. The van der Waals surface area contributed by atoms with Crippen molar-refractivity contribution < 1.29 is 13.9 Å². The van der Waals surface area contributed by atoms with Gasteiger partial charge >= 0.3 is 5.97 Å². The van der Waals surface area contributed by atoms with Gasteiger partial charge in [0.25, 0.3) is 5.89 Å². The number of nitrogen functional groups attached to an aromatic ring is 1. The number of rotatable bonds is 4.